The van der Waals surface area contributed by atoms with Crippen LogP contribution in [0.3, 0.4) is 0 Å². The number of halogens is 1. The van der Waals surface area contributed by atoms with E-state index >= 15 is 0 Å². The van der Waals surface area contributed by atoms with Gasteiger partial charge < -0.3 is 16.2 Å². The monoisotopic (exact) mass is 298 g/mol. The molecular weight excluding hydrogens is 280 g/mol. The van der Waals surface area contributed by atoms with Crippen LogP contribution < -0.4 is 11.1 Å². The van der Waals surface area contributed by atoms with E-state index in [0.717, 1.165) is 0 Å². The number of hydrogen-bond donors (Lipinski definition) is 3. The molecule has 0 fully saturated rings. The lowest BCUT2D eigenvalue weighted by Gasteiger charge is -2.21. The fraction of sp³-hybridized carbons (Fsp3) is 0.429. The van der Waals surface area contributed by atoms with Gasteiger partial charge in [-0.25, -0.2) is 0 Å². The summed E-state index contributed by atoms with van der Waals surface area (Å²) in [5.74, 6) is -1.38. The molecule has 0 bridgehead atoms. The minimum atomic E-state index is -0.997. The lowest BCUT2D eigenvalue weighted by molar-refractivity contribution is -0.137. The lowest BCUT2D eigenvalue weighted by Crippen LogP contribution is -2.45. The first-order valence-electron chi connectivity index (χ1n) is 6.34. The highest BCUT2D eigenvalue weighted by Crippen LogP contribution is 2.20. The van der Waals surface area contributed by atoms with Gasteiger partial charge in [-0.3, -0.25) is 9.59 Å². The Bertz CT molecular complexity index is 474. The molecule has 110 valence electrons. The quantitative estimate of drug-likeness (QED) is 0.748. The molecule has 0 saturated heterocycles. The number of benzene rings is 1. The van der Waals surface area contributed by atoms with Gasteiger partial charge >= 0.3 is 5.97 Å². The molecule has 0 spiro atoms. The summed E-state index contributed by atoms with van der Waals surface area (Å²) in [5, 5.41) is 12.2. The molecule has 1 aromatic carbocycles. The summed E-state index contributed by atoms with van der Waals surface area (Å²) in [6, 6.07) is 5.40. The molecule has 0 aliphatic carbocycles. The number of nitrogens with one attached hydrogen (secondary N) is 1. The van der Waals surface area contributed by atoms with E-state index in [-0.39, 0.29) is 18.2 Å². The van der Waals surface area contributed by atoms with Gasteiger partial charge in [0.1, 0.15) is 0 Å². The van der Waals surface area contributed by atoms with E-state index in [1.54, 1.807) is 24.3 Å². The van der Waals surface area contributed by atoms with Crippen LogP contribution in [-0.2, 0) is 9.59 Å². The molecule has 1 amide bonds. The van der Waals surface area contributed by atoms with Crippen LogP contribution in [0.2, 0.25) is 5.02 Å². The van der Waals surface area contributed by atoms with E-state index in [0.29, 0.717) is 10.6 Å². The molecule has 2 atom stereocenters. The Morgan fingerprint density at radius 3 is 2.30 bits per heavy atom. The van der Waals surface area contributed by atoms with Crippen molar-refractivity contribution < 1.29 is 14.7 Å². The average Bonchev–Trinajstić information content (AvgIpc) is 2.37. The van der Waals surface area contributed by atoms with Crippen molar-refractivity contribution >= 4 is 23.5 Å². The third kappa shape index (κ3) is 4.83. The summed E-state index contributed by atoms with van der Waals surface area (Å²) in [4.78, 5) is 22.9. The summed E-state index contributed by atoms with van der Waals surface area (Å²) in [5.41, 5.74) is 6.44. The van der Waals surface area contributed by atoms with Crippen molar-refractivity contribution in [3.8, 4) is 0 Å². The largest absolute Gasteiger partial charge is 0.481 e. The maximum Gasteiger partial charge on any atom is 0.305 e. The fourth-order valence-electron chi connectivity index (χ4n) is 1.69. The first-order valence-corrected chi connectivity index (χ1v) is 6.72. The zero-order valence-corrected chi connectivity index (χ0v) is 12.2. The van der Waals surface area contributed by atoms with E-state index in [1.807, 2.05) is 13.8 Å². The van der Waals surface area contributed by atoms with Gasteiger partial charge in [0, 0.05) is 5.02 Å². The van der Waals surface area contributed by atoms with E-state index in [2.05, 4.69) is 5.32 Å². The minimum Gasteiger partial charge on any atom is -0.481 e. The Morgan fingerprint density at radius 1 is 1.30 bits per heavy atom. The number of aliphatic carboxylic acids is 1. The summed E-state index contributed by atoms with van der Waals surface area (Å²) in [6.45, 7) is 3.66. The Hall–Kier alpha value is -1.59. The first-order chi connectivity index (χ1) is 9.31. The molecule has 20 heavy (non-hydrogen) atoms. The number of carbonyl (C=O) groups is 2. The number of carboxylic acid groups (broad SMARTS) is 1. The second kappa shape index (κ2) is 7.26. The second-order valence-electron chi connectivity index (χ2n) is 4.98. The predicted octanol–water partition coefficient (Wildman–Crippen LogP) is 1.96. The summed E-state index contributed by atoms with van der Waals surface area (Å²) in [7, 11) is 0. The van der Waals surface area contributed by atoms with Crippen molar-refractivity contribution in [3.05, 3.63) is 34.9 Å². The van der Waals surface area contributed by atoms with Gasteiger partial charge in [0.15, 0.2) is 0 Å². The summed E-state index contributed by atoms with van der Waals surface area (Å²) >= 11 is 5.80. The van der Waals surface area contributed by atoms with Crippen molar-refractivity contribution in [1.29, 1.82) is 0 Å². The van der Waals surface area contributed by atoms with Crippen LogP contribution in [0.1, 0.15) is 31.9 Å². The highest BCUT2D eigenvalue weighted by Gasteiger charge is 2.23. The molecule has 1 rings (SSSR count). The highest BCUT2D eigenvalue weighted by molar-refractivity contribution is 6.30. The Labute approximate surface area is 123 Å². The maximum atomic E-state index is 12.0. The highest BCUT2D eigenvalue weighted by atomic mass is 35.5. The molecule has 0 heterocycles. The van der Waals surface area contributed by atoms with E-state index in [9.17, 15) is 9.59 Å². The SMILES string of the molecule is CC(C)[C@H](N)C(=O)NC(CC(=O)O)c1ccc(Cl)cc1. The smallest absolute Gasteiger partial charge is 0.305 e. The van der Waals surface area contributed by atoms with Gasteiger partial charge in [0.05, 0.1) is 18.5 Å². The molecular formula is C14H19ClN2O3. The predicted molar refractivity (Wildman–Crippen MR) is 77.4 cm³/mol. The number of nitrogens with two attached hydrogens (primary N) is 1. The van der Waals surface area contributed by atoms with Crippen LogP contribution in [-0.4, -0.2) is 23.0 Å². The molecule has 0 aliphatic heterocycles. The molecule has 0 aliphatic rings. The third-order valence-corrected chi connectivity index (χ3v) is 3.24. The van der Waals surface area contributed by atoms with E-state index in [4.69, 9.17) is 22.4 Å². The van der Waals surface area contributed by atoms with Crippen LogP contribution in [0.5, 0.6) is 0 Å². The molecule has 6 heteroatoms. The zero-order chi connectivity index (χ0) is 15.3. The maximum absolute atomic E-state index is 12.0. The summed E-state index contributed by atoms with van der Waals surface area (Å²) < 4.78 is 0. The molecule has 1 unspecified atom stereocenters. The molecule has 0 radical (unpaired) electrons. The van der Waals surface area contributed by atoms with Crippen LogP contribution in [0.15, 0.2) is 24.3 Å². The fourth-order valence-corrected chi connectivity index (χ4v) is 1.82. The average molecular weight is 299 g/mol. The van der Waals surface area contributed by atoms with Gasteiger partial charge in [-0.15, -0.1) is 0 Å². The normalized spacial score (nSPS) is 13.8. The van der Waals surface area contributed by atoms with Crippen molar-refractivity contribution in [3.63, 3.8) is 0 Å². The number of amides is 1. The van der Waals surface area contributed by atoms with Gasteiger partial charge in [0.25, 0.3) is 0 Å². The zero-order valence-electron chi connectivity index (χ0n) is 11.5. The number of rotatable bonds is 6. The van der Waals surface area contributed by atoms with Crippen molar-refractivity contribution in [1.82, 2.24) is 5.32 Å². The van der Waals surface area contributed by atoms with Crippen LogP contribution in [0.4, 0.5) is 0 Å². The van der Waals surface area contributed by atoms with E-state index in [1.165, 1.54) is 0 Å². The van der Waals surface area contributed by atoms with Crippen molar-refractivity contribution in [2.24, 2.45) is 11.7 Å². The first kappa shape index (κ1) is 16.5. The Balaban J connectivity index is 2.87. The lowest BCUT2D eigenvalue weighted by atomic mass is 10.0. The van der Waals surface area contributed by atoms with Crippen LogP contribution in [0.25, 0.3) is 0 Å². The topological polar surface area (TPSA) is 92.4 Å². The standard InChI is InChI=1S/C14H19ClN2O3/c1-8(2)13(16)14(20)17-11(7-12(18)19)9-3-5-10(15)6-4-9/h3-6,8,11,13H,7,16H2,1-2H3,(H,17,20)(H,18,19)/t11?,13-/m0/s1. The van der Waals surface area contributed by atoms with Gasteiger partial charge in [-0.2, -0.15) is 0 Å². The molecule has 0 aromatic heterocycles. The van der Waals surface area contributed by atoms with Crippen LogP contribution >= 0.6 is 11.6 Å². The van der Waals surface area contributed by atoms with Gasteiger partial charge in [0.2, 0.25) is 5.91 Å². The third-order valence-electron chi connectivity index (χ3n) is 2.99. The van der Waals surface area contributed by atoms with E-state index < -0.39 is 18.1 Å². The number of carboxylic acids is 1. The van der Waals surface area contributed by atoms with Crippen molar-refractivity contribution in [2.75, 3.05) is 0 Å². The minimum absolute atomic E-state index is 0.0225. The second-order valence-corrected chi connectivity index (χ2v) is 5.42. The van der Waals surface area contributed by atoms with Crippen LogP contribution in [0, 0.1) is 5.92 Å². The number of carbonyl (C=O) groups excluding carboxylic acids is 1. The van der Waals surface area contributed by atoms with Gasteiger partial charge in [-0.1, -0.05) is 37.6 Å². The Morgan fingerprint density at radius 2 is 1.85 bits per heavy atom. The number of hydrogen-bond acceptors (Lipinski definition) is 3. The Kier molecular flexibility index (Phi) is 5.98. The molecule has 1 aromatic rings. The molecule has 5 nitrogen and oxygen atoms in total. The van der Waals surface area contributed by atoms with Crippen molar-refractivity contribution in [2.45, 2.75) is 32.4 Å². The summed E-state index contributed by atoms with van der Waals surface area (Å²) in [6.07, 6.45) is -0.210. The van der Waals surface area contributed by atoms with Gasteiger partial charge in [-0.05, 0) is 23.6 Å². The molecule has 0 saturated carbocycles. The molecule has 4 N–H and O–H groups in total.